The molecular formula is C25H23NO6. The maximum absolute atomic E-state index is 13.3. The number of carbonyl (C=O) groups excluding carboxylic acids is 3. The quantitative estimate of drug-likeness (QED) is 0.348. The maximum atomic E-state index is 13.3. The minimum Gasteiger partial charge on any atom is -0.504 e. The Hall–Kier alpha value is -3.87. The molecule has 7 heteroatoms. The Morgan fingerprint density at radius 1 is 1.09 bits per heavy atom. The molecule has 1 N–H and O–H groups in total. The van der Waals surface area contributed by atoms with E-state index >= 15 is 0 Å². The van der Waals surface area contributed by atoms with Gasteiger partial charge in [0.1, 0.15) is 11.7 Å². The highest BCUT2D eigenvalue weighted by molar-refractivity contribution is 6.43. The molecule has 2 heterocycles. The van der Waals surface area contributed by atoms with Gasteiger partial charge in [-0.3, -0.25) is 14.4 Å². The van der Waals surface area contributed by atoms with E-state index < -0.39 is 29.4 Å². The molecule has 32 heavy (non-hydrogen) atoms. The summed E-state index contributed by atoms with van der Waals surface area (Å²) in [7, 11) is 1.41. The van der Waals surface area contributed by atoms with E-state index in [1.54, 1.807) is 25.1 Å². The van der Waals surface area contributed by atoms with Gasteiger partial charge >= 0.3 is 0 Å². The van der Waals surface area contributed by atoms with Gasteiger partial charge in [0.2, 0.25) is 11.6 Å². The monoisotopic (exact) mass is 433 g/mol. The van der Waals surface area contributed by atoms with Crippen molar-refractivity contribution in [1.29, 1.82) is 0 Å². The average Bonchev–Trinajstić information content (AvgIpc) is 3.34. The summed E-state index contributed by atoms with van der Waals surface area (Å²) < 4.78 is 10.7. The second-order valence-electron chi connectivity index (χ2n) is 7.73. The summed E-state index contributed by atoms with van der Waals surface area (Å²) in [4.78, 5) is 40.7. The SMILES string of the molecule is COc1cc(C2C(C(=O)c3ccc(C)o3)C(=O)C(=O)N2CCc2ccccc2)ccc1O. The van der Waals surface area contributed by atoms with E-state index in [1.165, 1.54) is 24.1 Å². The van der Waals surface area contributed by atoms with Crippen LogP contribution in [0.5, 0.6) is 11.5 Å². The van der Waals surface area contributed by atoms with Crippen molar-refractivity contribution in [3.63, 3.8) is 0 Å². The molecule has 1 saturated heterocycles. The van der Waals surface area contributed by atoms with Crippen molar-refractivity contribution in [1.82, 2.24) is 4.90 Å². The molecule has 164 valence electrons. The molecule has 0 saturated carbocycles. The second-order valence-corrected chi connectivity index (χ2v) is 7.73. The number of aromatic hydroxyl groups is 1. The lowest BCUT2D eigenvalue weighted by molar-refractivity contribution is -0.140. The largest absolute Gasteiger partial charge is 0.504 e. The molecule has 0 aliphatic carbocycles. The van der Waals surface area contributed by atoms with E-state index in [4.69, 9.17) is 9.15 Å². The van der Waals surface area contributed by atoms with Crippen LogP contribution in [-0.2, 0) is 16.0 Å². The van der Waals surface area contributed by atoms with Gasteiger partial charge in [-0.2, -0.15) is 0 Å². The Morgan fingerprint density at radius 2 is 1.84 bits per heavy atom. The van der Waals surface area contributed by atoms with Crippen LogP contribution in [0.4, 0.5) is 0 Å². The number of Topliss-reactive ketones (excluding diaryl/α,β-unsaturated/α-hetero) is 2. The molecule has 7 nitrogen and oxygen atoms in total. The van der Waals surface area contributed by atoms with E-state index in [2.05, 4.69) is 0 Å². The minimum absolute atomic E-state index is 0.0364. The summed E-state index contributed by atoms with van der Waals surface area (Å²) in [6.45, 7) is 1.95. The lowest BCUT2D eigenvalue weighted by Crippen LogP contribution is -2.32. The van der Waals surface area contributed by atoms with Crippen molar-refractivity contribution >= 4 is 17.5 Å². The van der Waals surface area contributed by atoms with E-state index in [-0.39, 0.29) is 23.8 Å². The number of ketones is 2. The number of benzene rings is 2. The number of rotatable bonds is 7. The highest BCUT2D eigenvalue weighted by Crippen LogP contribution is 2.41. The molecule has 3 aromatic rings. The van der Waals surface area contributed by atoms with Gasteiger partial charge < -0.3 is 19.2 Å². The topological polar surface area (TPSA) is 97.0 Å². The van der Waals surface area contributed by atoms with Crippen LogP contribution in [0.1, 0.15) is 33.5 Å². The fraction of sp³-hybridized carbons (Fsp3) is 0.240. The first-order valence-electron chi connectivity index (χ1n) is 10.3. The number of ether oxygens (including phenoxy) is 1. The third-order valence-electron chi connectivity index (χ3n) is 5.70. The summed E-state index contributed by atoms with van der Waals surface area (Å²) in [5.74, 6) is -2.59. The van der Waals surface area contributed by atoms with Gasteiger partial charge in [0.05, 0.1) is 13.2 Å². The van der Waals surface area contributed by atoms with Gasteiger partial charge in [-0.15, -0.1) is 0 Å². The first-order valence-corrected chi connectivity index (χ1v) is 10.3. The number of nitrogens with zero attached hydrogens (tertiary/aromatic N) is 1. The molecule has 2 aromatic carbocycles. The molecular weight excluding hydrogens is 410 g/mol. The van der Waals surface area contributed by atoms with Crippen molar-refractivity contribution in [3.8, 4) is 11.5 Å². The molecule has 1 fully saturated rings. The zero-order chi connectivity index (χ0) is 22.8. The van der Waals surface area contributed by atoms with Crippen molar-refractivity contribution in [3.05, 3.63) is 83.3 Å². The number of amides is 1. The summed E-state index contributed by atoms with van der Waals surface area (Å²) >= 11 is 0. The Kier molecular flexibility index (Phi) is 5.81. The van der Waals surface area contributed by atoms with Gasteiger partial charge in [-0.25, -0.2) is 0 Å². The van der Waals surface area contributed by atoms with Crippen molar-refractivity contribution in [2.75, 3.05) is 13.7 Å². The van der Waals surface area contributed by atoms with Crippen LogP contribution in [0.2, 0.25) is 0 Å². The summed E-state index contributed by atoms with van der Waals surface area (Å²) in [5, 5.41) is 10.0. The van der Waals surface area contributed by atoms with Crippen LogP contribution >= 0.6 is 0 Å². The summed E-state index contributed by atoms with van der Waals surface area (Å²) in [6, 6.07) is 16.5. The number of hydrogen-bond donors (Lipinski definition) is 1. The van der Waals surface area contributed by atoms with Gasteiger partial charge in [0.25, 0.3) is 5.91 Å². The number of phenols is 1. The van der Waals surface area contributed by atoms with Crippen LogP contribution in [-0.4, -0.2) is 41.1 Å². The zero-order valence-corrected chi connectivity index (χ0v) is 17.8. The number of hydrogen-bond acceptors (Lipinski definition) is 6. The third-order valence-corrected chi connectivity index (χ3v) is 5.70. The molecule has 1 aromatic heterocycles. The van der Waals surface area contributed by atoms with Gasteiger partial charge in [-0.1, -0.05) is 36.4 Å². The van der Waals surface area contributed by atoms with Crippen LogP contribution in [0.3, 0.4) is 0 Å². The van der Waals surface area contributed by atoms with Gasteiger partial charge in [0, 0.05) is 6.54 Å². The number of furan rings is 1. The molecule has 0 spiro atoms. The molecule has 1 aliphatic rings. The highest BCUT2D eigenvalue weighted by atomic mass is 16.5. The molecule has 0 radical (unpaired) electrons. The summed E-state index contributed by atoms with van der Waals surface area (Å²) in [6.07, 6.45) is 0.520. The van der Waals surface area contributed by atoms with Crippen LogP contribution in [0, 0.1) is 12.8 Å². The predicted octanol–water partition coefficient (Wildman–Crippen LogP) is 3.50. The average molecular weight is 433 g/mol. The second kappa shape index (κ2) is 8.70. The molecule has 2 unspecified atom stereocenters. The minimum atomic E-state index is -1.25. The van der Waals surface area contributed by atoms with E-state index in [9.17, 15) is 19.5 Å². The summed E-state index contributed by atoms with van der Waals surface area (Å²) in [5.41, 5.74) is 1.53. The number of aryl methyl sites for hydroxylation is 1. The normalized spacial score (nSPS) is 18.2. The maximum Gasteiger partial charge on any atom is 0.291 e. The fourth-order valence-corrected chi connectivity index (χ4v) is 4.09. The highest BCUT2D eigenvalue weighted by Gasteiger charge is 2.52. The lowest BCUT2D eigenvalue weighted by atomic mass is 9.88. The van der Waals surface area contributed by atoms with E-state index in [0.29, 0.717) is 17.7 Å². The predicted molar refractivity (Wildman–Crippen MR) is 116 cm³/mol. The standard InChI is InChI=1S/C25H23NO6/c1-15-8-11-19(32-15)23(28)21-22(17-9-10-18(27)20(14-17)31-2)26(25(30)24(21)29)13-12-16-6-4-3-5-7-16/h3-11,14,21-22,27H,12-13H2,1-2H3. The smallest absolute Gasteiger partial charge is 0.291 e. The molecule has 1 amide bonds. The van der Waals surface area contributed by atoms with Crippen LogP contribution in [0.25, 0.3) is 0 Å². The Balaban J connectivity index is 1.74. The zero-order valence-electron chi connectivity index (χ0n) is 17.8. The van der Waals surface area contributed by atoms with E-state index in [1.807, 2.05) is 30.3 Å². The first-order chi connectivity index (χ1) is 15.4. The van der Waals surface area contributed by atoms with Crippen molar-refractivity contribution in [2.24, 2.45) is 5.92 Å². The van der Waals surface area contributed by atoms with E-state index in [0.717, 1.165) is 5.56 Å². The third kappa shape index (κ3) is 3.89. The molecule has 0 bridgehead atoms. The van der Waals surface area contributed by atoms with Crippen LogP contribution < -0.4 is 4.74 Å². The number of carbonyl (C=O) groups is 3. The van der Waals surface area contributed by atoms with Crippen molar-refractivity contribution < 1.29 is 28.6 Å². The molecule has 1 aliphatic heterocycles. The van der Waals surface area contributed by atoms with Crippen molar-refractivity contribution in [2.45, 2.75) is 19.4 Å². The fourth-order valence-electron chi connectivity index (χ4n) is 4.09. The number of phenolic OH excluding ortho intramolecular Hbond substituents is 1. The van der Waals surface area contributed by atoms with Crippen LogP contribution in [0.15, 0.2) is 65.1 Å². The molecule has 4 rings (SSSR count). The van der Waals surface area contributed by atoms with Gasteiger partial charge in [-0.05, 0) is 48.7 Å². The number of methoxy groups -OCH3 is 1. The lowest BCUT2D eigenvalue weighted by Gasteiger charge is -2.27. The number of likely N-dealkylation sites (tertiary alicyclic amines) is 1. The molecule has 2 atom stereocenters. The van der Waals surface area contributed by atoms with Gasteiger partial charge in [0.15, 0.2) is 17.3 Å². The Labute approximate surface area is 185 Å². The first kappa shape index (κ1) is 21.4. The Bertz CT molecular complexity index is 1170. The Morgan fingerprint density at radius 3 is 2.50 bits per heavy atom.